The van der Waals surface area contributed by atoms with Crippen LogP contribution in [0.25, 0.3) is 6.08 Å². The molecule has 188 valence electrons. The van der Waals surface area contributed by atoms with Crippen LogP contribution in [0.5, 0.6) is 0 Å². The number of hydrogen-bond donors (Lipinski definition) is 3. The third-order valence-electron chi connectivity index (χ3n) is 8.03. The maximum atomic E-state index is 14.0. The number of anilines is 1. The molecular formula is C23H21ClFN5O5S. The van der Waals surface area contributed by atoms with Crippen molar-refractivity contribution in [2.24, 2.45) is 5.41 Å². The number of carbonyl (C=O) groups is 1. The molecule has 2 saturated carbocycles. The molecular weight excluding hydrogens is 513 g/mol. The fourth-order valence-corrected chi connectivity index (χ4v) is 9.34. The predicted octanol–water partition coefficient (Wildman–Crippen LogP) is 1.87. The quantitative estimate of drug-likeness (QED) is 0.497. The summed E-state index contributed by atoms with van der Waals surface area (Å²) in [6.07, 6.45) is 5.18. The summed E-state index contributed by atoms with van der Waals surface area (Å²) in [5, 5.41) is 31.6. The largest absolute Gasteiger partial charge is 0.393 e. The van der Waals surface area contributed by atoms with Gasteiger partial charge in [-0.25, -0.2) is 13.4 Å². The zero-order valence-corrected chi connectivity index (χ0v) is 20.4. The Morgan fingerprint density at radius 3 is 2.83 bits per heavy atom. The van der Waals surface area contributed by atoms with Gasteiger partial charge in [0.15, 0.2) is 0 Å². The number of allylic oxidation sites excluding steroid dienone is 1. The summed E-state index contributed by atoms with van der Waals surface area (Å²) in [5.41, 5.74) is -1.78. The number of sulfonamides is 1. The number of pyridine rings is 1. The minimum Gasteiger partial charge on any atom is -0.393 e. The molecule has 1 spiro atoms. The molecule has 1 amide bonds. The third-order valence-corrected chi connectivity index (χ3v) is 10.5. The average Bonchev–Trinajstić information content (AvgIpc) is 3.46. The average molecular weight is 534 g/mol. The van der Waals surface area contributed by atoms with E-state index >= 15 is 0 Å². The van der Waals surface area contributed by atoms with Crippen LogP contribution >= 0.6 is 11.6 Å². The van der Waals surface area contributed by atoms with Crippen LogP contribution in [0.3, 0.4) is 0 Å². The Labute approximate surface area is 210 Å². The standard InChI is InChI=1S/C23H21ClFN5O5S/c24-18-19(21(32)28-12-6-13(9-26)27-17(25)7-12)29-5-1-2-14(29)20(18)36(34,35)30-15-3-4-23(15)10-22(33,11-31)8-16(23)30/h1-2,6-7,15-16,31,33H,3-5,8,10-11H2,(H,27,28,32)/t15?,16?,22-,23?/m1/s1. The van der Waals surface area contributed by atoms with Gasteiger partial charge in [-0.1, -0.05) is 17.7 Å². The molecule has 36 heavy (non-hydrogen) atoms. The van der Waals surface area contributed by atoms with Crippen molar-refractivity contribution in [3.8, 4) is 6.07 Å². The van der Waals surface area contributed by atoms with Crippen LogP contribution in [0, 0.1) is 22.7 Å². The van der Waals surface area contributed by atoms with Gasteiger partial charge in [0, 0.05) is 35.8 Å². The van der Waals surface area contributed by atoms with Gasteiger partial charge in [0.1, 0.15) is 22.4 Å². The Bertz CT molecular complexity index is 1520. The second-order valence-electron chi connectivity index (χ2n) is 9.92. The lowest BCUT2D eigenvalue weighted by Crippen LogP contribution is -2.75. The van der Waals surface area contributed by atoms with Gasteiger partial charge in [-0.15, -0.1) is 0 Å². The van der Waals surface area contributed by atoms with Crippen molar-refractivity contribution in [2.45, 2.75) is 54.8 Å². The topological polar surface area (TPSA) is 149 Å². The van der Waals surface area contributed by atoms with E-state index in [2.05, 4.69) is 10.3 Å². The van der Waals surface area contributed by atoms with Crippen LogP contribution < -0.4 is 5.32 Å². The highest BCUT2D eigenvalue weighted by Gasteiger charge is 2.75. The third kappa shape index (κ3) is 3.01. The second-order valence-corrected chi connectivity index (χ2v) is 12.1. The fourth-order valence-electron chi connectivity index (χ4n) is 6.52. The normalized spacial score (nSPS) is 30.1. The lowest BCUT2D eigenvalue weighted by atomic mass is 9.55. The Morgan fingerprint density at radius 2 is 2.17 bits per heavy atom. The molecule has 4 heterocycles. The van der Waals surface area contributed by atoms with Gasteiger partial charge in [0.25, 0.3) is 5.91 Å². The Morgan fingerprint density at radius 1 is 1.39 bits per heavy atom. The number of nitriles is 1. The first-order valence-electron chi connectivity index (χ1n) is 11.4. The second kappa shape index (κ2) is 7.60. The molecule has 0 radical (unpaired) electrons. The minimum absolute atomic E-state index is 0.0257. The van der Waals surface area contributed by atoms with Gasteiger partial charge in [0.05, 0.1) is 22.9 Å². The molecule has 10 nitrogen and oxygen atoms in total. The molecule has 2 aromatic heterocycles. The Kier molecular flexibility index (Phi) is 4.97. The summed E-state index contributed by atoms with van der Waals surface area (Å²) in [5.74, 6) is -1.72. The molecule has 2 aromatic rings. The van der Waals surface area contributed by atoms with E-state index in [1.165, 1.54) is 14.9 Å². The van der Waals surface area contributed by atoms with Gasteiger partial charge in [-0.2, -0.15) is 14.0 Å². The zero-order chi connectivity index (χ0) is 25.6. The van der Waals surface area contributed by atoms with Crippen LogP contribution in [0.1, 0.15) is 47.6 Å². The lowest BCUT2D eigenvalue weighted by Gasteiger charge is -2.66. The van der Waals surface area contributed by atoms with Gasteiger partial charge < -0.3 is 20.1 Å². The van der Waals surface area contributed by atoms with Crippen molar-refractivity contribution in [2.75, 3.05) is 11.9 Å². The Hall–Kier alpha value is -2.82. The molecule has 2 aliphatic carbocycles. The van der Waals surface area contributed by atoms with E-state index in [0.717, 1.165) is 12.5 Å². The van der Waals surface area contributed by atoms with Crippen molar-refractivity contribution < 1.29 is 27.8 Å². The molecule has 3 fully saturated rings. The number of aliphatic hydroxyl groups is 2. The first kappa shape index (κ1) is 23.6. The van der Waals surface area contributed by atoms with Crippen molar-refractivity contribution in [3.63, 3.8) is 0 Å². The minimum atomic E-state index is -4.17. The first-order chi connectivity index (χ1) is 17.0. The van der Waals surface area contributed by atoms with E-state index in [0.29, 0.717) is 12.8 Å². The van der Waals surface area contributed by atoms with Crippen LogP contribution in [0.2, 0.25) is 5.02 Å². The SMILES string of the molecule is N#Cc1cc(NC(=O)c2c(Cl)c(S(=O)(=O)N3C4CCC45C[C@@](O)(CO)CC35)c3n2CC=C3)cc(F)n1. The molecule has 1 saturated heterocycles. The number of piperidine rings is 1. The van der Waals surface area contributed by atoms with E-state index in [9.17, 15) is 27.8 Å². The molecule has 0 bridgehead atoms. The summed E-state index contributed by atoms with van der Waals surface area (Å²) in [6.45, 7) is -0.229. The monoisotopic (exact) mass is 533 g/mol. The smallest absolute Gasteiger partial charge is 0.273 e. The number of hydrogen-bond acceptors (Lipinski definition) is 7. The van der Waals surface area contributed by atoms with Gasteiger partial charge >= 0.3 is 0 Å². The number of aliphatic hydroxyl groups excluding tert-OH is 1. The molecule has 6 rings (SSSR count). The van der Waals surface area contributed by atoms with Crippen LogP contribution in [0.15, 0.2) is 23.1 Å². The molecule has 0 aromatic carbocycles. The van der Waals surface area contributed by atoms with E-state index in [1.54, 1.807) is 18.2 Å². The highest BCUT2D eigenvalue weighted by molar-refractivity contribution is 7.89. The number of halogens is 2. The molecule has 4 atom stereocenters. The summed E-state index contributed by atoms with van der Waals surface area (Å²) >= 11 is 6.59. The molecule has 4 aliphatic rings. The van der Waals surface area contributed by atoms with Crippen molar-refractivity contribution >= 4 is 39.3 Å². The fraction of sp³-hybridized carbons (Fsp3) is 0.435. The van der Waals surface area contributed by atoms with Crippen LogP contribution in [-0.4, -0.2) is 62.7 Å². The van der Waals surface area contributed by atoms with Crippen LogP contribution in [0.4, 0.5) is 10.1 Å². The van der Waals surface area contributed by atoms with Crippen molar-refractivity contribution in [1.29, 1.82) is 5.26 Å². The number of rotatable bonds is 5. The van der Waals surface area contributed by atoms with Gasteiger partial charge in [0.2, 0.25) is 16.0 Å². The highest BCUT2D eigenvalue weighted by atomic mass is 35.5. The number of fused-ring (bicyclic) bond motifs is 1. The van der Waals surface area contributed by atoms with E-state index in [1.807, 2.05) is 0 Å². The maximum absolute atomic E-state index is 14.0. The maximum Gasteiger partial charge on any atom is 0.273 e. The number of carbonyl (C=O) groups excluding carboxylic acids is 1. The van der Waals surface area contributed by atoms with Gasteiger partial charge in [-0.3, -0.25) is 4.79 Å². The summed E-state index contributed by atoms with van der Waals surface area (Å²) in [4.78, 5) is 16.4. The number of aromatic nitrogens is 2. The number of amides is 1. The number of nitrogens with zero attached hydrogens (tertiary/aromatic N) is 4. The summed E-state index contributed by atoms with van der Waals surface area (Å²) < 4.78 is 44.5. The van der Waals surface area contributed by atoms with Crippen molar-refractivity contribution in [3.05, 3.63) is 46.3 Å². The molecule has 3 unspecified atom stereocenters. The predicted molar refractivity (Wildman–Crippen MR) is 125 cm³/mol. The van der Waals surface area contributed by atoms with Crippen molar-refractivity contribution in [1.82, 2.24) is 13.9 Å². The van der Waals surface area contributed by atoms with E-state index < -0.39 is 40.1 Å². The lowest BCUT2D eigenvalue weighted by molar-refractivity contribution is -0.140. The summed E-state index contributed by atoms with van der Waals surface area (Å²) in [6, 6.07) is 3.07. The summed E-state index contributed by atoms with van der Waals surface area (Å²) in [7, 11) is -4.17. The molecule has 3 N–H and O–H groups in total. The highest BCUT2D eigenvalue weighted by Crippen LogP contribution is 2.68. The number of nitrogens with one attached hydrogen (secondary N) is 1. The zero-order valence-electron chi connectivity index (χ0n) is 18.8. The van der Waals surface area contributed by atoms with E-state index in [-0.39, 0.29) is 57.1 Å². The Balaban J connectivity index is 1.38. The van der Waals surface area contributed by atoms with Crippen LogP contribution in [-0.2, 0) is 16.6 Å². The molecule has 2 aliphatic heterocycles. The van der Waals surface area contributed by atoms with E-state index in [4.69, 9.17) is 16.9 Å². The molecule has 13 heteroatoms. The van der Waals surface area contributed by atoms with Gasteiger partial charge in [-0.05, 0) is 37.8 Å². The first-order valence-corrected chi connectivity index (χ1v) is 13.2.